The fraction of sp³-hybridized carbons (Fsp3) is 0.0870. The number of aromatic nitrogens is 1. The number of hydrazine groups is 1. The van der Waals surface area contributed by atoms with Gasteiger partial charge in [-0.1, -0.05) is 18.2 Å². The van der Waals surface area contributed by atoms with Crippen LogP contribution in [-0.4, -0.2) is 35.5 Å². The number of Topliss-reactive ketones (excluding diaryl/α,β-unsaturated/α-hetero) is 1. The van der Waals surface area contributed by atoms with Gasteiger partial charge in [0, 0.05) is 36.0 Å². The van der Waals surface area contributed by atoms with Crippen LogP contribution in [0.4, 0.5) is 0 Å². The maximum Gasteiger partial charge on any atom is 0.269 e. The lowest BCUT2D eigenvalue weighted by Gasteiger charge is -2.10. The Morgan fingerprint density at radius 3 is 2.00 bits per heavy atom. The van der Waals surface area contributed by atoms with Crippen LogP contribution in [0.5, 0.6) is 11.5 Å². The zero-order valence-electron chi connectivity index (χ0n) is 17.3. The summed E-state index contributed by atoms with van der Waals surface area (Å²) in [6.45, 7) is 1.40. The molecule has 0 aliphatic carbocycles. The Morgan fingerprint density at radius 1 is 0.750 bits per heavy atom. The van der Waals surface area contributed by atoms with Crippen molar-refractivity contribution < 1.29 is 23.9 Å². The third-order valence-electron chi connectivity index (χ3n) is 4.34. The quantitative estimate of drug-likeness (QED) is 0.406. The van der Waals surface area contributed by atoms with E-state index < -0.39 is 11.8 Å². The summed E-state index contributed by atoms with van der Waals surface area (Å²) >= 11 is 0. The standard InChI is InChI=1S/C23H20N4O5/c1-14(28)15-5-3-6-16(11-15)21(29)26-27-22(30)17-7-4-8-18(12-17)32-19-9-10-25-20(13-19)23(31)24-2/h3-13H,1-2H3,(H,24,31)(H,26,29)(H,27,30). The fourth-order valence-corrected chi connectivity index (χ4v) is 2.70. The van der Waals surface area contributed by atoms with Gasteiger partial charge in [0.05, 0.1) is 0 Å². The first-order chi connectivity index (χ1) is 15.4. The zero-order chi connectivity index (χ0) is 23.1. The predicted molar refractivity (Wildman–Crippen MR) is 116 cm³/mol. The van der Waals surface area contributed by atoms with Crippen molar-refractivity contribution in [3.05, 3.63) is 89.2 Å². The molecule has 9 heteroatoms. The second-order valence-corrected chi connectivity index (χ2v) is 6.63. The van der Waals surface area contributed by atoms with Gasteiger partial charge in [0.15, 0.2) is 5.78 Å². The highest BCUT2D eigenvalue weighted by atomic mass is 16.5. The molecule has 0 saturated heterocycles. The van der Waals surface area contributed by atoms with Gasteiger partial charge in [0.25, 0.3) is 17.7 Å². The van der Waals surface area contributed by atoms with E-state index in [9.17, 15) is 19.2 Å². The van der Waals surface area contributed by atoms with E-state index >= 15 is 0 Å². The van der Waals surface area contributed by atoms with Crippen LogP contribution in [0, 0.1) is 0 Å². The number of benzene rings is 2. The number of hydrogen-bond donors (Lipinski definition) is 3. The van der Waals surface area contributed by atoms with Gasteiger partial charge in [0.2, 0.25) is 0 Å². The number of ether oxygens (including phenoxy) is 1. The smallest absolute Gasteiger partial charge is 0.269 e. The Balaban J connectivity index is 1.65. The average molecular weight is 432 g/mol. The number of amides is 3. The average Bonchev–Trinajstić information content (AvgIpc) is 2.82. The minimum absolute atomic E-state index is 0.169. The maximum absolute atomic E-state index is 12.4. The first-order valence-electron chi connectivity index (χ1n) is 9.55. The first-order valence-corrected chi connectivity index (χ1v) is 9.55. The lowest BCUT2D eigenvalue weighted by Crippen LogP contribution is -2.41. The molecule has 1 heterocycles. The summed E-state index contributed by atoms with van der Waals surface area (Å²) < 4.78 is 5.72. The van der Waals surface area contributed by atoms with E-state index in [0.717, 1.165) is 0 Å². The first kappa shape index (κ1) is 22.2. The van der Waals surface area contributed by atoms with Gasteiger partial charge >= 0.3 is 0 Å². The van der Waals surface area contributed by atoms with Gasteiger partial charge in [0.1, 0.15) is 17.2 Å². The van der Waals surface area contributed by atoms with Crippen molar-refractivity contribution in [3.8, 4) is 11.5 Å². The molecule has 162 valence electrons. The minimum Gasteiger partial charge on any atom is -0.457 e. The van der Waals surface area contributed by atoms with Gasteiger partial charge in [-0.15, -0.1) is 0 Å². The molecule has 0 radical (unpaired) electrons. The number of hydrogen-bond acceptors (Lipinski definition) is 6. The van der Waals surface area contributed by atoms with E-state index in [1.165, 1.54) is 44.4 Å². The molecule has 0 aliphatic heterocycles. The molecule has 3 rings (SSSR count). The second kappa shape index (κ2) is 9.98. The molecule has 0 saturated carbocycles. The van der Waals surface area contributed by atoms with Gasteiger partial charge in [-0.05, 0) is 43.3 Å². The van der Waals surface area contributed by atoms with Crippen molar-refractivity contribution in [1.29, 1.82) is 0 Å². The molecular weight excluding hydrogens is 412 g/mol. The molecule has 0 aliphatic rings. The predicted octanol–water partition coefficient (Wildman–Crippen LogP) is 2.51. The molecule has 3 aromatic rings. The highest BCUT2D eigenvalue weighted by Crippen LogP contribution is 2.22. The van der Waals surface area contributed by atoms with Gasteiger partial charge in [-0.2, -0.15) is 0 Å². The van der Waals surface area contributed by atoms with E-state index in [1.54, 1.807) is 36.4 Å². The second-order valence-electron chi connectivity index (χ2n) is 6.63. The Hall–Kier alpha value is -4.53. The van der Waals surface area contributed by atoms with Crippen LogP contribution in [0.1, 0.15) is 48.5 Å². The lowest BCUT2D eigenvalue weighted by atomic mass is 10.1. The topological polar surface area (TPSA) is 126 Å². The van der Waals surface area contributed by atoms with E-state index in [2.05, 4.69) is 21.2 Å². The van der Waals surface area contributed by atoms with Crippen molar-refractivity contribution >= 4 is 23.5 Å². The van der Waals surface area contributed by atoms with Crippen LogP contribution in [0.15, 0.2) is 66.9 Å². The Kier molecular flexibility index (Phi) is 6.92. The van der Waals surface area contributed by atoms with E-state index in [1.807, 2.05) is 0 Å². The molecule has 9 nitrogen and oxygen atoms in total. The molecule has 2 aromatic carbocycles. The third-order valence-corrected chi connectivity index (χ3v) is 4.34. The summed E-state index contributed by atoms with van der Waals surface area (Å²) in [5, 5.41) is 2.48. The van der Waals surface area contributed by atoms with Crippen molar-refractivity contribution in [2.45, 2.75) is 6.92 Å². The highest BCUT2D eigenvalue weighted by Gasteiger charge is 2.12. The molecule has 1 aromatic heterocycles. The lowest BCUT2D eigenvalue weighted by molar-refractivity contribution is 0.0846. The molecular formula is C23H20N4O5. The molecule has 0 unspecified atom stereocenters. The van der Waals surface area contributed by atoms with Crippen LogP contribution >= 0.6 is 0 Å². The van der Waals surface area contributed by atoms with Crippen LogP contribution in [0.2, 0.25) is 0 Å². The number of carbonyl (C=O) groups excluding carboxylic acids is 4. The normalized spacial score (nSPS) is 10.1. The Bertz CT molecular complexity index is 1190. The summed E-state index contributed by atoms with van der Waals surface area (Å²) in [5.74, 6) is -0.924. The third kappa shape index (κ3) is 5.54. The summed E-state index contributed by atoms with van der Waals surface area (Å²) in [6.07, 6.45) is 1.44. The van der Waals surface area contributed by atoms with Crippen LogP contribution in [0.3, 0.4) is 0 Å². The molecule has 0 bridgehead atoms. The zero-order valence-corrected chi connectivity index (χ0v) is 17.3. The van der Waals surface area contributed by atoms with Crippen LogP contribution < -0.4 is 20.9 Å². The summed E-state index contributed by atoms with van der Waals surface area (Å²) in [5.41, 5.74) is 5.70. The highest BCUT2D eigenvalue weighted by molar-refractivity contribution is 6.01. The molecule has 0 spiro atoms. The van der Waals surface area contributed by atoms with Crippen molar-refractivity contribution in [2.75, 3.05) is 7.05 Å². The van der Waals surface area contributed by atoms with Gasteiger partial charge in [-0.25, -0.2) is 0 Å². The summed E-state index contributed by atoms with van der Waals surface area (Å²) in [6, 6.07) is 15.5. The maximum atomic E-state index is 12.4. The van der Waals surface area contributed by atoms with Crippen LogP contribution in [-0.2, 0) is 0 Å². The molecule has 0 atom stereocenters. The SMILES string of the molecule is CNC(=O)c1cc(Oc2cccc(C(=O)NNC(=O)c3cccc(C(C)=O)c3)c2)ccn1. The van der Waals surface area contributed by atoms with Gasteiger partial charge in [-0.3, -0.25) is 35.0 Å². The van der Waals surface area contributed by atoms with Crippen molar-refractivity contribution in [3.63, 3.8) is 0 Å². The van der Waals surface area contributed by atoms with E-state index in [4.69, 9.17) is 4.74 Å². The summed E-state index contributed by atoms with van der Waals surface area (Å²) in [7, 11) is 1.50. The van der Waals surface area contributed by atoms with E-state index in [0.29, 0.717) is 17.1 Å². The number of ketones is 1. The molecule has 3 N–H and O–H groups in total. The van der Waals surface area contributed by atoms with Crippen molar-refractivity contribution in [1.82, 2.24) is 21.2 Å². The Morgan fingerprint density at radius 2 is 1.34 bits per heavy atom. The Labute approximate surface area is 183 Å². The molecule has 32 heavy (non-hydrogen) atoms. The van der Waals surface area contributed by atoms with Crippen molar-refractivity contribution in [2.24, 2.45) is 0 Å². The van der Waals surface area contributed by atoms with Crippen LogP contribution in [0.25, 0.3) is 0 Å². The molecule has 0 fully saturated rings. The number of nitrogens with one attached hydrogen (secondary N) is 3. The monoisotopic (exact) mass is 432 g/mol. The number of rotatable bonds is 6. The molecule has 3 amide bonds. The number of pyridine rings is 1. The minimum atomic E-state index is -0.563. The van der Waals surface area contributed by atoms with E-state index in [-0.39, 0.29) is 28.5 Å². The van der Waals surface area contributed by atoms with Gasteiger partial charge < -0.3 is 10.1 Å². The fourth-order valence-electron chi connectivity index (χ4n) is 2.70. The number of carbonyl (C=O) groups is 4. The number of nitrogens with zero attached hydrogens (tertiary/aromatic N) is 1. The largest absolute Gasteiger partial charge is 0.457 e. The summed E-state index contributed by atoms with van der Waals surface area (Å²) in [4.78, 5) is 51.9.